The Balaban J connectivity index is 2.73. The molecule has 9 heteroatoms. The molecule has 1 atom stereocenters. The molecule has 1 aromatic rings. The van der Waals surface area contributed by atoms with Crippen LogP contribution in [0.5, 0.6) is 0 Å². The van der Waals surface area contributed by atoms with Crippen molar-refractivity contribution in [1.82, 2.24) is 4.98 Å². The van der Waals surface area contributed by atoms with E-state index in [9.17, 15) is 18.0 Å². The summed E-state index contributed by atoms with van der Waals surface area (Å²) in [4.78, 5) is 25.8. The molecule has 0 aliphatic carbocycles. The second kappa shape index (κ2) is 5.76. The third-order valence-electron chi connectivity index (χ3n) is 2.14. The van der Waals surface area contributed by atoms with Gasteiger partial charge in [0, 0.05) is 6.26 Å². The Kier molecular flexibility index (Phi) is 4.57. The molecule has 0 spiro atoms. The lowest BCUT2D eigenvalue weighted by atomic mass is 10.2. The van der Waals surface area contributed by atoms with Crippen LogP contribution in [0.25, 0.3) is 0 Å². The predicted octanol–water partition coefficient (Wildman–Crippen LogP) is -1.37. The van der Waals surface area contributed by atoms with Crippen LogP contribution in [0, 0.1) is 0 Å². The van der Waals surface area contributed by atoms with E-state index in [2.05, 4.69) is 10.3 Å². The topological polar surface area (TPSA) is 145 Å². The number of aromatic nitrogens is 1. The van der Waals surface area contributed by atoms with Gasteiger partial charge >= 0.3 is 0 Å². The first kappa shape index (κ1) is 15.1. The molecule has 8 nitrogen and oxygen atoms in total. The van der Waals surface area contributed by atoms with Crippen LogP contribution in [0.2, 0.25) is 0 Å². The smallest absolute Gasteiger partial charge is 0.241 e. The number of carbonyl (C=O) groups is 2. The Hall–Kier alpha value is -2.00. The summed E-state index contributed by atoms with van der Waals surface area (Å²) in [5.74, 6) is -1.29. The molecule has 0 radical (unpaired) electrons. The summed E-state index contributed by atoms with van der Waals surface area (Å²) < 4.78 is 22.3. The number of nitrogens with zero attached hydrogens (tertiary/aromatic N) is 1. The van der Waals surface area contributed by atoms with Crippen molar-refractivity contribution < 1.29 is 18.0 Å². The molecule has 1 rings (SSSR count). The molecular weight excluding hydrogens is 272 g/mol. The number of hydrogen-bond acceptors (Lipinski definition) is 6. The largest absolute Gasteiger partial charge is 0.370 e. The van der Waals surface area contributed by atoms with Gasteiger partial charge in [0.25, 0.3) is 0 Å². The predicted molar refractivity (Wildman–Crippen MR) is 67.8 cm³/mol. The van der Waals surface area contributed by atoms with Crippen molar-refractivity contribution in [3.8, 4) is 0 Å². The van der Waals surface area contributed by atoms with Gasteiger partial charge in [-0.2, -0.15) is 0 Å². The number of nitrogens with one attached hydrogen (secondary N) is 1. The van der Waals surface area contributed by atoms with Crippen LogP contribution < -0.4 is 16.8 Å². The van der Waals surface area contributed by atoms with E-state index < -0.39 is 27.7 Å². The van der Waals surface area contributed by atoms with Crippen molar-refractivity contribution in [3.63, 3.8) is 0 Å². The molecule has 0 aliphatic rings. The van der Waals surface area contributed by atoms with E-state index in [0.29, 0.717) is 0 Å². The van der Waals surface area contributed by atoms with E-state index in [1.54, 1.807) is 0 Å². The molecule has 1 heterocycles. The number of nitrogens with two attached hydrogens (primary N) is 2. The maximum atomic E-state index is 11.5. The van der Waals surface area contributed by atoms with Gasteiger partial charge in [0.05, 0.1) is 24.3 Å². The molecule has 1 unspecified atom stereocenters. The highest BCUT2D eigenvalue weighted by atomic mass is 32.2. The Labute approximate surface area is 110 Å². The Morgan fingerprint density at radius 3 is 2.47 bits per heavy atom. The lowest BCUT2D eigenvalue weighted by molar-refractivity contribution is -0.123. The first-order chi connectivity index (χ1) is 8.70. The highest BCUT2D eigenvalue weighted by molar-refractivity contribution is 7.90. The minimum atomic E-state index is -3.39. The normalized spacial score (nSPS) is 12.7. The molecule has 5 N–H and O–H groups in total. The molecular formula is C10H14N4O4S. The van der Waals surface area contributed by atoms with Gasteiger partial charge in [0.1, 0.15) is 0 Å². The van der Waals surface area contributed by atoms with E-state index in [-0.39, 0.29) is 17.1 Å². The first-order valence-corrected chi connectivity index (χ1v) is 7.10. The molecule has 104 valence electrons. The summed E-state index contributed by atoms with van der Waals surface area (Å²) in [6, 6.07) is 1.56. The van der Waals surface area contributed by atoms with E-state index in [1.165, 1.54) is 18.3 Å². The van der Waals surface area contributed by atoms with Crippen LogP contribution in [-0.2, 0) is 19.4 Å². The zero-order valence-corrected chi connectivity index (χ0v) is 11.0. The highest BCUT2D eigenvalue weighted by Crippen LogP contribution is 2.10. The third kappa shape index (κ3) is 4.64. The van der Waals surface area contributed by atoms with Gasteiger partial charge in [-0.1, -0.05) is 0 Å². The Morgan fingerprint density at radius 1 is 1.42 bits per heavy atom. The molecule has 0 aromatic carbocycles. The Bertz CT molecular complexity index is 582. The fourth-order valence-corrected chi connectivity index (χ4v) is 1.78. The molecule has 0 saturated carbocycles. The highest BCUT2D eigenvalue weighted by Gasteiger charge is 2.16. The molecule has 0 bridgehead atoms. The van der Waals surface area contributed by atoms with Gasteiger partial charge in [-0.3, -0.25) is 9.59 Å². The summed E-state index contributed by atoms with van der Waals surface area (Å²) in [7, 11) is -3.39. The minimum Gasteiger partial charge on any atom is -0.370 e. The van der Waals surface area contributed by atoms with Crippen molar-refractivity contribution in [2.45, 2.75) is 17.5 Å². The first-order valence-electron chi connectivity index (χ1n) is 5.21. The molecule has 0 fully saturated rings. The van der Waals surface area contributed by atoms with Gasteiger partial charge in [0.15, 0.2) is 14.9 Å². The van der Waals surface area contributed by atoms with Crippen LogP contribution in [0.1, 0.15) is 6.42 Å². The molecule has 19 heavy (non-hydrogen) atoms. The fraction of sp³-hybridized carbons (Fsp3) is 0.300. The number of primary amides is 1. The fourth-order valence-electron chi connectivity index (χ4n) is 1.22. The zero-order valence-electron chi connectivity index (χ0n) is 10.2. The number of amides is 2. The number of rotatable bonds is 5. The van der Waals surface area contributed by atoms with Crippen molar-refractivity contribution in [2.75, 3.05) is 11.6 Å². The van der Waals surface area contributed by atoms with Gasteiger partial charge in [0.2, 0.25) is 11.8 Å². The summed E-state index contributed by atoms with van der Waals surface area (Å²) in [6.45, 7) is 0. The summed E-state index contributed by atoms with van der Waals surface area (Å²) >= 11 is 0. The minimum absolute atomic E-state index is 0.105. The average molecular weight is 286 g/mol. The van der Waals surface area contributed by atoms with E-state index in [4.69, 9.17) is 11.5 Å². The van der Waals surface area contributed by atoms with Gasteiger partial charge in [-0.05, 0) is 12.1 Å². The standard InChI is InChI=1S/C10H14N4O4S/c1-19(17,18)9-3-2-6(5-13-9)14-10(16)7(11)4-8(12)15/h2-3,5,7H,4,11H2,1H3,(H2,12,15)(H,14,16). The number of hydrogen-bond donors (Lipinski definition) is 3. The lowest BCUT2D eigenvalue weighted by Crippen LogP contribution is -2.39. The van der Waals surface area contributed by atoms with Crippen LogP contribution in [0.3, 0.4) is 0 Å². The molecule has 0 aliphatic heterocycles. The molecule has 2 amide bonds. The second-order valence-electron chi connectivity index (χ2n) is 3.92. The van der Waals surface area contributed by atoms with E-state index in [0.717, 1.165) is 6.26 Å². The monoisotopic (exact) mass is 286 g/mol. The number of carbonyl (C=O) groups excluding carboxylic acids is 2. The maximum Gasteiger partial charge on any atom is 0.241 e. The lowest BCUT2D eigenvalue weighted by Gasteiger charge is -2.10. The molecule has 1 aromatic heterocycles. The number of sulfone groups is 1. The van der Waals surface area contributed by atoms with Gasteiger partial charge < -0.3 is 16.8 Å². The van der Waals surface area contributed by atoms with Crippen molar-refractivity contribution in [3.05, 3.63) is 18.3 Å². The Morgan fingerprint density at radius 2 is 2.05 bits per heavy atom. The maximum absolute atomic E-state index is 11.5. The second-order valence-corrected chi connectivity index (χ2v) is 5.89. The van der Waals surface area contributed by atoms with E-state index in [1.807, 2.05) is 0 Å². The van der Waals surface area contributed by atoms with Crippen molar-refractivity contribution >= 4 is 27.3 Å². The summed E-state index contributed by atoms with van der Waals surface area (Å²) in [6.07, 6.45) is 1.93. The third-order valence-corrected chi connectivity index (χ3v) is 3.14. The van der Waals surface area contributed by atoms with Gasteiger partial charge in [-0.15, -0.1) is 0 Å². The SMILES string of the molecule is CS(=O)(=O)c1ccc(NC(=O)C(N)CC(N)=O)cn1. The zero-order chi connectivity index (χ0) is 14.6. The summed E-state index contributed by atoms with van der Waals surface area (Å²) in [5, 5.41) is 2.29. The quantitative estimate of drug-likeness (QED) is 0.608. The van der Waals surface area contributed by atoms with Crippen molar-refractivity contribution in [2.24, 2.45) is 11.5 Å². The number of anilines is 1. The average Bonchev–Trinajstić information content (AvgIpc) is 2.27. The van der Waals surface area contributed by atoms with Crippen LogP contribution in [0.4, 0.5) is 5.69 Å². The number of pyridine rings is 1. The van der Waals surface area contributed by atoms with Crippen LogP contribution in [0.15, 0.2) is 23.4 Å². The van der Waals surface area contributed by atoms with Crippen LogP contribution in [-0.4, -0.2) is 37.5 Å². The van der Waals surface area contributed by atoms with Crippen LogP contribution >= 0.6 is 0 Å². The molecule has 0 saturated heterocycles. The van der Waals surface area contributed by atoms with E-state index >= 15 is 0 Å². The van der Waals surface area contributed by atoms with Gasteiger partial charge in [-0.25, -0.2) is 13.4 Å². The summed E-state index contributed by atoms with van der Waals surface area (Å²) in [5.41, 5.74) is 10.6. The van der Waals surface area contributed by atoms with Crippen molar-refractivity contribution in [1.29, 1.82) is 0 Å².